The molecule has 0 saturated heterocycles. The Labute approximate surface area is 107 Å². The Morgan fingerprint density at radius 3 is 3.00 bits per heavy atom. The summed E-state index contributed by atoms with van der Waals surface area (Å²) in [7, 11) is 2.13. The molecule has 1 aliphatic rings. The molecule has 1 saturated carbocycles. The summed E-state index contributed by atoms with van der Waals surface area (Å²) >= 11 is 5.92. The van der Waals surface area contributed by atoms with Gasteiger partial charge < -0.3 is 15.4 Å². The van der Waals surface area contributed by atoms with Crippen LogP contribution in [0.25, 0.3) is 0 Å². The van der Waals surface area contributed by atoms with Crippen molar-refractivity contribution in [3.63, 3.8) is 0 Å². The first-order valence-corrected chi connectivity index (χ1v) is 6.26. The first-order valence-electron chi connectivity index (χ1n) is 5.88. The summed E-state index contributed by atoms with van der Waals surface area (Å²) in [5.41, 5.74) is 6.44. The highest BCUT2D eigenvalue weighted by Gasteiger charge is 2.25. The Kier molecular flexibility index (Phi) is 4.20. The van der Waals surface area contributed by atoms with E-state index < -0.39 is 0 Å². The summed E-state index contributed by atoms with van der Waals surface area (Å²) in [6, 6.07) is 2.57. The van der Waals surface area contributed by atoms with Crippen molar-refractivity contribution in [1.82, 2.24) is 9.88 Å². The standard InChI is InChI=1S/C12H18ClN3O/c1-16(10-2-3-10)4-5-17-12-6-9(7-14)11(13)8-15-12/h6,8,10H,2-5,7,14H2,1H3. The molecule has 94 valence electrons. The van der Waals surface area contributed by atoms with Gasteiger partial charge in [-0.05, 0) is 25.5 Å². The zero-order chi connectivity index (χ0) is 12.3. The van der Waals surface area contributed by atoms with Gasteiger partial charge in [0.05, 0.1) is 5.02 Å². The van der Waals surface area contributed by atoms with E-state index in [0.29, 0.717) is 24.1 Å². The minimum atomic E-state index is 0.402. The fraction of sp³-hybridized carbons (Fsp3) is 0.583. The van der Waals surface area contributed by atoms with E-state index in [9.17, 15) is 0 Å². The molecule has 5 heteroatoms. The highest BCUT2D eigenvalue weighted by atomic mass is 35.5. The van der Waals surface area contributed by atoms with Crippen molar-refractivity contribution in [2.45, 2.75) is 25.4 Å². The monoisotopic (exact) mass is 255 g/mol. The molecular weight excluding hydrogens is 238 g/mol. The number of ether oxygens (including phenoxy) is 1. The third-order valence-corrected chi connectivity index (χ3v) is 3.33. The molecule has 4 nitrogen and oxygen atoms in total. The number of hydrogen-bond acceptors (Lipinski definition) is 4. The van der Waals surface area contributed by atoms with Crippen LogP contribution in [0.1, 0.15) is 18.4 Å². The largest absolute Gasteiger partial charge is 0.476 e. The number of nitrogens with two attached hydrogens (primary N) is 1. The molecular formula is C12H18ClN3O. The average Bonchev–Trinajstić information content (AvgIpc) is 3.15. The van der Waals surface area contributed by atoms with Crippen molar-refractivity contribution < 1.29 is 4.74 Å². The predicted octanol–water partition coefficient (Wildman–Crippen LogP) is 1.67. The van der Waals surface area contributed by atoms with Crippen molar-refractivity contribution in [3.05, 3.63) is 22.8 Å². The van der Waals surface area contributed by atoms with Gasteiger partial charge in [-0.1, -0.05) is 11.6 Å². The van der Waals surface area contributed by atoms with Gasteiger partial charge in [-0.2, -0.15) is 0 Å². The van der Waals surface area contributed by atoms with E-state index in [0.717, 1.165) is 18.2 Å². The van der Waals surface area contributed by atoms with Crippen LogP contribution in [0.4, 0.5) is 0 Å². The molecule has 2 rings (SSSR count). The van der Waals surface area contributed by atoms with Gasteiger partial charge in [0.1, 0.15) is 6.61 Å². The maximum absolute atomic E-state index is 5.92. The highest BCUT2D eigenvalue weighted by Crippen LogP contribution is 2.25. The molecule has 0 aromatic carbocycles. The molecule has 0 spiro atoms. The average molecular weight is 256 g/mol. The third kappa shape index (κ3) is 3.56. The van der Waals surface area contributed by atoms with Crippen LogP contribution in [0, 0.1) is 0 Å². The van der Waals surface area contributed by atoms with Crippen LogP contribution in [0.15, 0.2) is 12.3 Å². The maximum Gasteiger partial charge on any atom is 0.213 e. The molecule has 0 radical (unpaired) electrons. The van der Waals surface area contributed by atoms with E-state index in [1.165, 1.54) is 12.8 Å². The maximum atomic E-state index is 5.92. The Hall–Kier alpha value is -0.840. The fourth-order valence-electron chi connectivity index (χ4n) is 1.69. The van der Waals surface area contributed by atoms with Crippen LogP contribution in [0.2, 0.25) is 5.02 Å². The van der Waals surface area contributed by atoms with Gasteiger partial charge in [-0.25, -0.2) is 4.98 Å². The van der Waals surface area contributed by atoms with Gasteiger partial charge in [0.2, 0.25) is 5.88 Å². The lowest BCUT2D eigenvalue weighted by Gasteiger charge is -2.15. The molecule has 0 bridgehead atoms. The molecule has 1 fully saturated rings. The molecule has 2 N–H and O–H groups in total. The summed E-state index contributed by atoms with van der Waals surface area (Å²) in [6.07, 6.45) is 4.21. The van der Waals surface area contributed by atoms with E-state index >= 15 is 0 Å². The number of hydrogen-bond donors (Lipinski definition) is 1. The Bertz CT molecular complexity index is 382. The van der Waals surface area contributed by atoms with Crippen molar-refractivity contribution in [1.29, 1.82) is 0 Å². The Morgan fingerprint density at radius 1 is 1.59 bits per heavy atom. The Morgan fingerprint density at radius 2 is 2.35 bits per heavy atom. The molecule has 1 aliphatic carbocycles. The van der Waals surface area contributed by atoms with Crippen LogP contribution in [0.5, 0.6) is 5.88 Å². The summed E-state index contributed by atoms with van der Waals surface area (Å²) < 4.78 is 5.59. The van der Waals surface area contributed by atoms with E-state index in [4.69, 9.17) is 22.1 Å². The first kappa shape index (κ1) is 12.6. The minimum Gasteiger partial charge on any atom is -0.476 e. The topological polar surface area (TPSA) is 51.4 Å². The van der Waals surface area contributed by atoms with Crippen molar-refractivity contribution in [3.8, 4) is 5.88 Å². The van der Waals surface area contributed by atoms with E-state index in [1.807, 2.05) is 0 Å². The lowest BCUT2D eigenvalue weighted by atomic mass is 10.3. The van der Waals surface area contributed by atoms with Gasteiger partial charge in [0.25, 0.3) is 0 Å². The normalized spacial score (nSPS) is 15.3. The number of pyridine rings is 1. The van der Waals surface area contributed by atoms with Crippen LogP contribution < -0.4 is 10.5 Å². The number of nitrogens with zero attached hydrogens (tertiary/aromatic N) is 2. The van der Waals surface area contributed by atoms with E-state index in [2.05, 4.69) is 16.9 Å². The predicted molar refractivity (Wildman–Crippen MR) is 68.3 cm³/mol. The number of aromatic nitrogens is 1. The van der Waals surface area contributed by atoms with Crippen LogP contribution in [-0.2, 0) is 6.54 Å². The lowest BCUT2D eigenvalue weighted by molar-refractivity contribution is 0.226. The van der Waals surface area contributed by atoms with Crippen molar-refractivity contribution in [2.75, 3.05) is 20.2 Å². The molecule has 0 amide bonds. The molecule has 17 heavy (non-hydrogen) atoms. The van der Waals surface area contributed by atoms with Crippen LogP contribution >= 0.6 is 11.6 Å². The molecule has 0 aliphatic heterocycles. The summed E-state index contributed by atoms with van der Waals surface area (Å²) in [5.74, 6) is 0.596. The molecule has 0 unspecified atom stereocenters. The Balaban J connectivity index is 1.81. The van der Waals surface area contributed by atoms with E-state index in [-0.39, 0.29) is 0 Å². The SMILES string of the molecule is CN(CCOc1cc(CN)c(Cl)cn1)C1CC1. The number of rotatable bonds is 6. The zero-order valence-corrected chi connectivity index (χ0v) is 10.8. The second-order valence-corrected chi connectivity index (χ2v) is 4.79. The molecule has 1 heterocycles. The van der Waals surface area contributed by atoms with Crippen molar-refractivity contribution >= 4 is 11.6 Å². The van der Waals surface area contributed by atoms with Gasteiger partial charge in [-0.3, -0.25) is 0 Å². The quantitative estimate of drug-likeness (QED) is 0.840. The lowest BCUT2D eigenvalue weighted by Crippen LogP contribution is -2.26. The highest BCUT2D eigenvalue weighted by molar-refractivity contribution is 6.31. The number of likely N-dealkylation sites (N-methyl/N-ethyl adjacent to an activating group) is 1. The molecule has 0 atom stereocenters. The molecule has 1 aromatic heterocycles. The van der Waals surface area contributed by atoms with E-state index in [1.54, 1.807) is 12.3 Å². The fourth-order valence-corrected chi connectivity index (χ4v) is 1.87. The molecule has 1 aromatic rings. The number of halogens is 1. The second kappa shape index (κ2) is 5.67. The zero-order valence-electron chi connectivity index (χ0n) is 10.0. The smallest absolute Gasteiger partial charge is 0.213 e. The third-order valence-electron chi connectivity index (χ3n) is 2.99. The van der Waals surface area contributed by atoms with Crippen molar-refractivity contribution in [2.24, 2.45) is 5.73 Å². The summed E-state index contributed by atoms with van der Waals surface area (Å²) in [4.78, 5) is 6.44. The summed E-state index contributed by atoms with van der Waals surface area (Å²) in [5, 5.41) is 0.593. The van der Waals surface area contributed by atoms with Gasteiger partial charge in [0.15, 0.2) is 0 Å². The van der Waals surface area contributed by atoms with Crippen LogP contribution in [-0.4, -0.2) is 36.1 Å². The van der Waals surface area contributed by atoms with Gasteiger partial charge in [-0.15, -0.1) is 0 Å². The second-order valence-electron chi connectivity index (χ2n) is 4.38. The van der Waals surface area contributed by atoms with Gasteiger partial charge >= 0.3 is 0 Å². The van der Waals surface area contributed by atoms with Crippen LogP contribution in [0.3, 0.4) is 0 Å². The summed E-state index contributed by atoms with van der Waals surface area (Å²) in [6.45, 7) is 1.97. The first-order chi connectivity index (χ1) is 8.20. The minimum absolute atomic E-state index is 0.402. The van der Waals surface area contributed by atoms with Gasteiger partial charge in [0, 0.05) is 31.4 Å².